The van der Waals surface area contributed by atoms with Crippen LogP contribution < -0.4 is 0 Å². The van der Waals surface area contributed by atoms with Crippen molar-refractivity contribution in [1.82, 2.24) is 4.90 Å². The van der Waals surface area contributed by atoms with Crippen LogP contribution in [0.2, 0.25) is 0 Å². The SMILES string of the molecule is CC.CCCN(Cc1ccccc1)C(C)C(C)C. The van der Waals surface area contributed by atoms with Crippen LogP contribution in [0.1, 0.15) is 53.5 Å². The molecule has 18 heavy (non-hydrogen) atoms. The molecule has 0 aromatic heterocycles. The lowest BCUT2D eigenvalue weighted by molar-refractivity contribution is 0.160. The Morgan fingerprint density at radius 3 is 2.00 bits per heavy atom. The van der Waals surface area contributed by atoms with E-state index in [1.807, 2.05) is 13.8 Å². The fourth-order valence-corrected chi connectivity index (χ4v) is 1.95. The van der Waals surface area contributed by atoms with Crippen molar-refractivity contribution in [3.05, 3.63) is 35.9 Å². The number of nitrogens with zero attached hydrogens (tertiary/aromatic N) is 1. The minimum absolute atomic E-state index is 0.653. The highest BCUT2D eigenvalue weighted by molar-refractivity contribution is 5.14. The van der Waals surface area contributed by atoms with Crippen molar-refractivity contribution < 1.29 is 0 Å². The second-order valence-electron chi connectivity index (χ2n) is 4.94. The molecule has 0 aliphatic rings. The van der Waals surface area contributed by atoms with Crippen LogP contribution in [0, 0.1) is 5.92 Å². The third-order valence-electron chi connectivity index (χ3n) is 3.28. The van der Waals surface area contributed by atoms with E-state index in [9.17, 15) is 0 Å². The molecule has 0 fully saturated rings. The van der Waals surface area contributed by atoms with Gasteiger partial charge in [0.1, 0.15) is 0 Å². The lowest BCUT2D eigenvalue weighted by atomic mass is 10.0. The summed E-state index contributed by atoms with van der Waals surface area (Å²) in [6.07, 6.45) is 1.23. The Morgan fingerprint density at radius 2 is 1.56 bits per heavy atom. The van der Waals surface area contributed by atoms with Gasteiger partial charge in [0, 0.05) is 12.6 Å². The maximum Gasteiger partial charge on any atom is 0.0236 e. The van der Waals surface area contributed by atoms with E-state index in [4.69, 9.17) is 0 Å². The molecule has 1 rings (SSSR count). The molecular weight excluding hydrogens is 218 g/mol. The number of rotatable bonds is 6. The third-order valence-corrected chi connectivity index (χ3v) is 3.28. The second-order valence-corrected chi connectivity index (χ2v) is 4.94. The van der Waals surface area contributed by atoms with Gasteiger partial charge in [-0.3, -0.25) is 4.90 Å². The van der Waals surface area contributed by atoms with E-state index in [0.717, 1.165) is 12.5 Å². The Hall–Kier alpha value is -0.820. The molecule has 1 aromatic carbocycles. The lowest BCUT2D eigenvalue weighted by Crippen LogP contribution is -2.36. The molecular formula is C17H31N. The molecule has 104 valence electrons. The summed E-state index contributed by atoms with van der Waals surface area (Å²) in [7, 11) is 0. The normalized spacial score (nSPS) is 12.2. The molecule has 0 spiro atoms. The van der Waals surface area contributed by atoms with Crippen LogP contribution in [-0.2, 0) is 6.54 Å². The Kier molecular flexibility index (Phi) is 9.67. The summed E-state index contributed by atoms with van der Waals surface area (Å²) in [5, 5.41) is 0. The molecule has 0 N–H and O–H groups in total. The number of hydrogen-bond donors (Lipinski definition) is 0. The van der Waals surface area contributed by atoms with Crippen molar-refractivity contribution in [2.24, 2.45) is 5.92 Å². The van der Waals surface area contributed by atoms with Gasteiger partial charge in [-0.15, -0.1) is 0 Å². The van der Waals surface area contributed by atoms with Crippen LogP contribution in [0.3, 0.4) is 0 Å². The van der Waals surface area contributed by atoms with Crippen LogP contribution in [0.4, 0.5) is 0 Å². The van der Waals surface area contributed by atoms with E-state index in [1.54, 1.807) is 0 Å². The van der Waals surface area contributed by atoms with Gasteiger partial charge in [-0.2, -0.15) is 0 Å². The maximum absolute atomic E-state index is 2.58. The van der Waals surface area contributed by atoms with Gasteiger partial charge in [-0.1, -0.05) is 65.0 Å². The molecule has 0 heterocycles. The van der Waals surface area contributed by atoms with E-state index in [1.165, 1.54) is 18.5 Å². The Labute approximate surface area is 114 Å². The molecule has 0 bridgehead atoms. The van der Waals surface area contributed by atoms with Crippen LogP contribution >= 0.6 is 0 Å². The standard InChI is InChI=1S/C15H25N.C2H6/c1-5-11-16(14(4)13(2)3)12-15-9-7-6-8-10-15;1-2/h6-10,13-14H,5,11-12H2,1-4H3;1-2H3. The zero-order valence-corrected chi connectivity index (χ0v) is 13.1. The molecule has 0 aliphatic carbocycles. The summed E-state index contributed by atoms with van der Waals surface area (Å²) in [6, 6.07) is 11.4. The first-order valence-corrected chi connectivity index (χ1v) is 7.43. The number of hydrogen-bond acceptors (Lipinski definition) is 1. The molecule has 0 saturated carbocycles. The Balaban J connectivity index is 0.00000137. The van der Waals surface area contributed by atoms with E-state index in [0.29, 0.717) is 6.04 Å². The summed E-state index contributed by atoms with van der Waals surface area (Å²) < 4.78 is 0. The van der Waals surface area contributed by atoms with Gasteiger partial charge in [0.15, 0.2) is 0 Å². The second kappa shape index (κ2) is 10.1. The first-order valence-electron chi connectivity index (χ1n) is 7.43. The molecule has 1 aromatic rings. The van der Waals surface area contributed by atoms with E-state index in [2.05, 4.69) is 62.9 Å². The van der Waals surface area contributed by atoms with Gasteiger partial charge >= 0.3 is 0 Å². The predicted molar refractivity (Wildman–Crippen MR) is 82.8 cm³/mol. The molecule has 0 radical (unpaired) electrons. The van der Waals surface area contributed by atoms with Gasteiger partial charge in [0.2, 0.25) is 0 Å². The molecule has 1 atom stereocenters. The zero-order valence-electron chi connectivity index (χ0n) is 13.1. The number of benzene rings is 1. The molecule has 1 unspecified atom stereocenters. The summed E-state index contributed by atoms with van der Waals surface area (Å²) in [4.78, 5) is 2.58. The molecule has 0 saturated heterocycles. The Morgan fingerprint density at radius 1 is 1.00 bits per heavy atom. The fourth-order valence-electron chi connectivity index (χ4n) is 1.95. The summed E-state index contributed by atoms with van der Waals surface area (Å²) in [5.74, 6) is 0.718. The largest absolute Gasteiger partial charge is 0.296 e. The van der Waals surface area contributed by atoms with Gasteiger partial charge in [0.05, 0.1) is 0 Å². The Bertz CT molecular complexity index is 279. The van der Waals surface area contributed by atoms with Crippen LogP contribution in [0.15, 0.2) is 30.3 Å². The average molecular weight is 249 g/mol. The van der Waals surface area contributed by atoms with Crippen molar-refractivity contribution in [1.29, 1.82) is 0 Å². The van der Waals surface area contributed by atoms with E-state index in [-0.39, 0.29) is 0 Å². The van der Waals surface area contributed by atoms with Crippen molar-refractivity contribution in [3.63, 3.8) is 0 Å². The molecule has 0 aliphatic heterocycles. The predicted octanol–water partition coefficient (Wildman–Crippen LogP) is 4.97. The van der Waals surface area contributed by atoms with Gasteiger partial charge in [-0.05, 0) is 31.4 Å². The first-order chi connectivity index (χ1) is 8.65. The average Bonchev–Trinajstić information content (AvgIpc) is 2.41. The van der Waals surface area contributed by atoms with E-state index < -0.39 is 0 Å². The fraction of sp³-hybridized carbons (Fsp3) is 0.647. The minimum atomic E-state index is 0.653. The minimum Gasteiger partial charge on any atom is -0.296 e. The maximum atomic E-state index is 2.58. The quantitative estimate of drug-likeness (QED) is 0.688. The van der Waals surface area contributed by atoms with E-state index >= 15 is 0 Å². The highest BCUT2D eigenvalue weighted by atomic mass is 15.1. The lowest BCUT2D eigenvalue weighted by Gasteiger charge is -2.31. The van der Waals surface area contributed by atoms with Crippen molar-refractivity contribution in [2.75, 3.05) is 6.54 Å². The smallest absolute Gasteiger partial charge is 0.0236 e. The van der Waals surface area contributed by atoms with Crippen molar-refractivity contribution in [2.45, 2.75) is 60.5 Å². The summed E-state index contributed by atoms with van der Waals surface area (Å²) >= 11 is 0. The molecule has 1 nitrogen and oxygen atoms in total. The molecule has 0 amide bonds. The first kappa shape index (κ1) is 17.2. The third kappa shape index (κ3) is 6.20. The summed E-state index contributed by atoms with van der Waals surface area (Å²) in [6.45, 7) is 15.5. The van der Waals surface area contributed by atoms with Crippen molar-refractivity contribution >= 4 is 0 Å². The monoisotopic (exact) mass is 249 g/mol. The zero-order chi connectivity index (χ0) is 14.0. The van der Waals surface area contributed by atoms with Crippen LogP contribution in [-0.4, -0.2) is 17.5 Å². The highest BCUT2D eigenvalue weighted by Crippen LogP contribution is 2.14. The van der Waals surface area contributed by atoms with Crippen LogP contribution in [0.25, 0.3) is 0 Å². The molecule has 1 heteroatoms. The van der Waals surface area contributed by atoms with Gasteiger partial charge in [-0.25, -0.2) is 0 Å². The highest BCUT2D eigenvalue weighted by Gasteiger charge is 2.16. The van der Waals surface area contributed by atoms with Gasteiger partial charge in [0.25, 0.3) is 0 Å². The van der Waals surface area contributed by atoms with Gasteiger partial charge < -0.3 is 0 Å². The van der Waals surface area contributed by atoms with Crippen molar-refractivity contribution in [3.8, 4) is 0 Å². The van der Waals surface area contributed by atoms with Crippen LogP contribution in [0.5, 0.6) is 0 Å². The topological polar surface area (TPSA) is 3.24 Å². The summed E-state index contributed by atoms with van der Waals surface area (Å²) in [5.41, 5.74) is 1.42.